The van der Waals surface area contributed by atoms with Gasteiger partial charge >= 0.3 is 0 Å². The van der Waals surface area contributed by atoms with Crippen molar-refractivity contribution in [3.05, 3.63) is 28.7 Å². The largest absolute Gasteiger partial charge is 0.496 e. The van der Waals surface area contributed by atoms with E-state index in [0.29, 0.717) is 27.6 Å². The van der Waals surface area contributed by atoms with Gasteiger partial charge in [-0.2, -0.15) is 0 Å². The number of benzene rings is 1. The van der Waals surface area contributed by atoms with E-state index < -0.39 is 0 Å². The van der Waals surface area contributed by atoms with Crippen LogP contribution in [0.3, 0.4) is 0 Å². The average Bonchev–Trinajstić information content (AvgIpc) is 2.95. The molecule has 1 aromatic carbocycles. The second-order valence-corrected chi connectivity index (χ2v) is 6.90. The Balaban J connectivity index is 1.84. The minimum atomic E-state index is -0.123. The topological polar surface area (TPSA) is 59.9 Å². The van der Waals surface area contributed by atoms with E-state index in [-0.39, 0.29) is 5.91 Å². The van der Waals surface area contributed by atoms with Crippen LogP contribution in [0, 0.1) is 0 Å². The van der Waals surface area contributed by atoms with Crippen LogP contribution in [-0.4, -0.2) is 31.3 Å². The molecule has 1 saturated heterocycles. The standard InChI is InChI=1S/C18H22N2O3S/c1-22-14-9-6-10-15(23-2)13(14)11-16-17(21)20-18(24-16)19-12-7-4-3-5-8-12/h6,9-12H,3-5,7-8H2,1-2H3,(H,19,20,21)/b16-11-. The molecule has 0 radical (unpaired) electrons. The van der Waals surface area contributed by atoms with Gasteiger partial charge in [0.25, 0.3) is 5.91 Å². The van der Waals surface area contributed by atoms with Crippen LogP contribution in [0.4, 0.5) is 0 Å². The number of nitrogens with one attached hydrogen (secondary N) is 1. The van der Waals surface area contributed by atoms with Gasteiger partial charge < -0.3 is 14.8 Å². The van der Waals surface area contributed by atoms with Crippen molar-refractivity contribution in [3.63, 3.8) is 0 Å². The molecule has 1 heterocycles. The van der Waals surface area contributed by atoms with Crippen molar-refractivity contribution in [2.45, 2.75) is 38.1 Å². The summed E-state index contributed by atoms with van der Waals surface area (Å²) in [5.74, 6) is 1.23. The average molecular weight is 346 g/mol. The number of amidine groups is 1. The molecule has 0 unspecified atom stereocenters. The fourth-order valence-electron chi connectivity index (χ4n) is 3.02. The first kappa shape index (κ1) is 16.9. The minimum Gasteiger partial charge on any atom is -0.496 e. The number of methoxy groups -OCH3 is 2. The summed E-state index contributed by atoms with van der Waals surface area (Å²) in [5, 5.41) is 3.57. The number of carbonyl (C=O) groups excluding carboxylic acids is 1. The highest BCUT2D eigenvalue weighted by Crippen LogP contribution is 2.35. The Labute approximate surface area is 146 Å². The van der Waals surface area contributed by atoms with Gasteiger partial charge in [0, 0.05) is 0 Å². The highest BCUT2D eigenvalue weighted by atomic mass is 32.2. The lowest BCUT2D eigenvalue weighted by Crippen LogP contribution is -2.22. The summed E-state index contributed by atoms with van der Waals surface area (Å²) >= 11 is 1.38. The molecular weight excluding hydrogens is 324 g/mol. The molecule has 1 aliphatic carbocycles. The molecule has 5 nitrogen and oxygen atoms in total. The lowest BCUT2D eigenvalue weighted by Gasteiger charge is -2.17. The molecule has 0 atom stereocenters. The van der Waals surface area contributed by atoms with E-state index in [9.17, 15) is 4.79 Å². The molecule has 6 heteroatoms. The number of hydrogen-bond acceptors (Lipinski definition) is 5. The lowest BCUT2D eigenvalue weighted by molar-refractivity contribution is -0.115. The molecule has 3 rings (SSSR count). The fourth-order valence-corrected chi connectivity index (χ4v) is 3.89. The molecule has 1 aliphatic heterocycles. The highest BCUT2D eigenvalue weighted by molar-refractivity contribution is 8.18. The van der Waals surface area contributed by atoms with Crippen molar-refractivity contribution in [2.75, 3.05) is 14.2 Å². The first-order chi connectivity index (χ1) is 11.7. The van der Waals surface area contributed by atoms with E-state index >= 15 is 0 Å². The summed E-state index contributed by atoms with van der Waals surface area (Å²) in [7, 11) is 3.21. The van der Waals surface area contributed by atoms with Crippen LogP contribution < -0.4 is 14.8 Å². The van der Waals surface area contributed by atoms with Gasteiger partial charge in [0.2, 0.25) is 0 Å². The van der Waals surface area contributed by atoms with Crippen molar-refractivity contribution in [2.24, 2.45) is 4.99 Å². The monoisotopic (exact) mass is 346 g/mol. The maximum Gasteiger partial charge on any atom is 0.264 e. The molecule has 1 amide bonds. The van der Waals surface area contributed by atoms with E-state index in [1.54, 1.807) is 20.3 Å². The predicted octanol–water partition coefficient (Wildman–Crippen LogP) is 3.60. The van der Waals surface area contributed by atoms with Crippen molar-refractivity contribution < 1.29 is 14.3 Å². The maximum absolute atomic E-state index is 12.3. The Morgan fingerprint density at radius 3 is 2.46 bits per heavy atom. The van der Waals surface area contributed by atoms with Crippen molar-refractivity contribution in [3.8, 4) is 11.5 Å². The quantitative estimate of drug-likeness (QED) is 0.846. The minimum absolute atomic E-state index is 0.123. The van der Waals surface area contributed by atoms with E-state index in [0.717, 1.165) is 18.4 Å². The smallest absolute Gasteiger partial charge is 0.264 e. The lowest BCUT2D eigenvalue weighted by atomic mass is 9.96. The summed E-state index contributed by atoms with van der Waals surface area (Å²) < 4.78 is 10.8. The third-order valence-corrected chi connectivity index (χ3v) is 5.19. The third-order valence-electron chi connectivity index (χ3n) is 4.27. The summed E-state index contributed by atoms with van der Waals surface area (Å²) in [6, 6.07) is 5.89. The number of aliphatic imine (C=N–C) groups is 1. The molecule has 2 fully saturated rings. The van der Waals surface area contributed by atoms with Gasteiger partial charge in [0.05, 0.1) is 30.7 Å². The van der Waals surface area contributed by atoms with Crippen LogP contribution in [0.1, 0.15) is 37.7 Å². The predicted molar refractivity (Wildman–Crippen MR) is 97.6 cm³/mol. The summed E-state index contributed by atoms with van der Waals surface area (Å²) in [5.41, 5.74) is 0.763. The number of amides is 1. The molecule has 2 aliphatic rings. The fraction of sp³-hybridized carbons (Fsp3) is 0.444. The number of carbonyl (C=O) groups is 1. The first-order valence-electron chi connectivity index (χ1n) is 8.21. The zero-order valence-electron chi connectivity index (χ0n) is 14.0. The Bertz CT molecular complexity index is 657. The Hall–Kier alpha value is -1.95. The number of ether oxygens (including phenoxy) is 2. The van der Waals surface area contributed by atoms with Crippen LogP contribution in [0.25, 0.3) is 6.08 Å². The van der Waals surface area contributed by atoms with E-state index in [1.807, 2.05) is 18.2 Å². The SMILES string of the molecule is COc1cccc(OC)c1/C=C1\SC(=NC2CCCCC2)NC1=O. The molecule has 128 valence electrons. The van der Waals surface area contributed by atoms with Gasteiger partial charge in [-0.15, -0.1) is 0 Å². The molecule has 1 aromatic rings. The zero-order chi connectivity index (χ0) is 16.9. The van der Waals surface area contributed by atoms with E-state index in [2.05, 4.69) is 5.32 Å². The Morgan fingerprint density at radius 1 is 1.17 bits per heavy atom. The van der Waals surface area contributed by atoms with Crippen molar-refractivity contribution in [1.82, 2.24) is 5.32 Å². The van der Waals surface area contributed by atoms with Gasteiger partial charge in [-0.1, -0.05) is 25.3 Å². The van der Waals surface area contributed by atoms with Crippen molar-refractivity contribution >= 4 is 28.9 Å². The van der Waals surface area contributed by atoms with Gasteiger partial charge in [0.15, 0.2) is 5.17 Å². The van der Waals surface area contributed by atoms with Crippen LogP contribution >= 0.6 is 11.8 Å². The number of hydrogen-bond donors (Lipinski definition) is 1. The van der Waals surface area contributed by atoms with Gasteiger partial charge in [-0.3, -0.25) is 9.79 Å². The van der Waals surface area contributed by atoms with Gasteiger partial charge in [0.1, 0.15) is 11.5 Å². The van der Waals surface area contributed by atoms with E-state index in [1.165, 1.54) is 31.0 Å². The van der Waals surface area contributed by atoms with Crippen LogP contribution in [0.15, 0.2) is 28.1 Å². The van der Waals surface area contributed by atoms with Crippen LogP contribution in [0.2, 0.25) is 0 Å². The first-order valence-corrected chi connectivity index (χ1v) is 9.02. The van der Waals surface area contributed by atoms with Gasteiger partial charge in [-0.05, 0) is 42.8 Å². The highest BCUT2D eigenvalue weighted by Gasteiger charge is 2.26. The molecule has 1 saturated carbocycles. The molecule has 24 heavy (non-hydrogen) atoms. The molecular formula is C18H22N2O3S. The second kappa shape index (κ2) is 7.75. The Kier molecular flexibility index (Phi) is 5.45. The zero-order valence-corrected chi connectivity index (χ0v) is 14.8. The van der Waals surface area contributed by atoms with Gasteiger partial charge in [-0.25, -0.2) is 0 Å². The maximum atomic E-state index is 12.3. The Morgan fingerprint density at radius 2 is 1.83 bits per heavy atom. The molecule has 1 N–H and O–H groups in total. The summed E-state index contributed by atoms with van der Waals surface area (Å²) in [4.78, 5) is 17.6. The normalized spacial score (nSPS) is 22.0. The number of thioether (sulfide) groups is 1. The second-order valence-electron chi connectivity index (χ2n) is 5.87. The number of rotatable bonds is 4. The van der Waals surface area contributed by atoms with Crippen LogP contribution in [-0.2, 0) is 4.79 Å². The molecule has 0 spiro atoms. The summed E-state index contributed by atoms with van der Waals surface area (Å²) in [6.45, 7) is 0. The number of nitrogens with zero attached hydrogens (tertiary/aromatic N) is 1. The molecule has 0 bridgehead atoms. The summed E-state index contributed by atoms with van der Waals surface area (Å²) in [6.07, 6.45) is 7.77. The van der Waals surface area contributed by atoms with Crippen LogP contribution in [0.5, 0.6) is 11.5 Å². The van der Waals surface area contributed by atoms with E-state index in [4.69, 9.17) is 14.5 Å². The molecule has 0 aromatic heterocycles. The van der Waals surface area contributed by atoms with Crippen molar-refractivity contribution in [1.29, 1.82) is 0 Å². The third kappa shape index (κ3) is 3.75.